The van der Waals surface area contributed by atoms with Crippen molar-refractivity contribution in [2.45, 2.75) is 43.1 Å². The highest BCUT2D eigenvalue weighted by Crippen LogP contribution is 2.23. The summed E-state index contributed by atoms with van der Waals surface area (Å²) in [6.45, 7) is -1.38. The van der Waals surface area contributed by atoms with E-state index < -0.39 is 62.2 Å². The van der Waals surface area contributed by atoms with Crippen LogP contribution in [0.1, 0.15) is 0 Å². The second-order valence-electron chi connectivity index (χ2n) is 5.49. The molecule has 0 spiro atoms. The fourth-order valence-electron chi connectivity index (χ4n) is 2.34. The number of carbonyl (C=O) groups is 1. The normalized spacial score (nSPS) is 34.0. The Balaban J connectivity index is 2.73. The van der Waals surface area contributed by atoms with Crippen LogP contribution in [0.5, 0.6) is 0 Å². The van der Waals surface area contributed by atoms with Gasteiger partial charge in [-0.15, -0.1) is 0 Å². The van der Waals surface area contributed by atoms with Crippen molar-refractivity contribution in [2.24, 2.45) is 10.9 Å². The molecule has 1 fully saturated rings. The van der Waals surface area contributed by atoms with Gasteiger partial charge in [0.05, 0.1) is 25.9 Å². The van der Waals surface area contributed by atoms with E-state index in [0.717, 1.165) is 0 Å². The number of aldehydes is 1. The lowest BCUT2D eigenvalue weighted by atomic mass is 9.99. The lowest BCUT2D eigenvalue weighted by Gasteiger charge is -2.40. The Labute approximate surface area is 144 Å². The van der Waals surface area contributed by atoms with Gasteiger partial charge < -0.3 is 49.8 Å². The summed E-state index contributed by atoms with van der Waals surface area (Å²) in [7, 11) is 1.45. The molecule has 1 aliphatic rings. The molecule has 6 N–H and O–H groups in total. The third kappa shape index (κ3) is 6.02. The Kier molecular flexibility index (Phi) is 9.56. The van der Waals surface area contributed by atoms with Gasteiger partial charge in [-0.3, -0.25) is 4.79 Å². The number of nitrogens with zero attached hydrogens (tertiary/aromatic N) is 1. The number of rotatable bonds is 10. The van der Waals surface area contributed by atoms with Crippen molar-refractivity contribution in [3.8, 4) is 0 Å². The largest absolute Gasteiger partial charge is 0.394 e. The minimum Gasteiger partial charge on any atom is -0.394 e. The average molecular weight is 367 g/mol. The zero-order valence-electron chi connectivity index (χ0n) is 13.7. The Hall–Kier alpha value is -1.02. The molecular formula is C14H25NO10. The predicted octanol–water partition coefficient (Wildman–Crippen LogP) is -3.99. The van der Waals surface area contributed by atoms with Gasteiger partial charge in [-0.25, -0.2) is 0 Å². The molecule has 0 aromatic carbocycles. The minimum atomic E-state index is -1.74. The monoisotopic (exact) mass is 367 g/mol. The first-order valence-corrected chi connectivity index (χ1v) is 7.63. The summed E-state index contributed by atoms with van der Waals surface area (Å²) >= 11 is 0. The summed E-state index contributed by atoms with van der Waals surface area (Å²) in [5.41, 5.74) is 0. The molecule has 11 heteroatoms. The SMILES string of the molecule is CN=C[C@@H](CO[C@H]1O[C@H](CO)[C@H](O)[C@H](O)[C@H]1O)[C@@H](CO)O[C@H](O)C=O. The van der Waals surface area contributed by atoms with Crippen molar-refractivity contribution in [3.63, 3.8) is 0 Å². The zero-order chi connectivity index (χ0) is 19.0. The Morgan fingerprint density at radius 2 is 1.88 bits per heavy atom. The first-order chi connectivity index (χ1) is 11.9. The van der Waals surface area contributed by atoms with Crippen molar-refractivity contribution in [3.05, 3.63) is 0 Å². The van der Waals surface area contributed by atoms with Crippen LogP contribution < -0.4 is 0 Å². The van der Waals surface area contributed by atoms with Crippen molar-refractivity contribution in [2.75, 3.05) is 26.9 Å². The predicted molar refractivity (Wildman–Crippen MR) is 81.7 cm³/mol. The second kappa shape index (κ2) is 10.9. The van der Waals surface area contributed by atoms with Gasteiger partial charge in [0.25, 0.3) is 0 Å². The third-order valence-corrected chi connectivity index (χ3v) is 3.73. The second-order valence-corrected chi connectivity index (χ2v) is 5.49. The summed E-state index contributed by atoms with van der Waals surface area (Å²) in [6, 6.07) is 0. The summed E-state index contributed by atoms with van der Waals surface area (Å²) in [6.07, 6.45) is -8.44. The number of hydrogen-bond acceptors (Lipinski definition) is 11. The molecular weight excluding hydrogens is 342 g/mol. The Morgan fingerprint density at radius 3 is 2.40 bits per heavy atom. The fraction of sp³-hybridized carbons (Fsp3) is 0.857. The summed E-state index contributed by atoms with van der Waals surface area (Å²) in [5.74, 6) is -0.725. The lowest BCUT2D eigenvalue weighted by Crippen LogP contribution is -2.59. The van der Waals surface area contributed by atoms with Crippen LogP contribution in [0.15, 0.2) is 4.99 Å². The topological polar surface area (TPSA) is 178 Å². The maximum Gasteiger partial charge on any atom is 0.212 e. The van der Waals surface area contributed by atoms with Crippen LogP contribution in [0.25, 0.3) is 0 Å². The molecule has 0 aromatic rings. The highest BCUT2D eigenvalue weighted by molar-refractivity contribution is 5.61. The molecule has 8 atom stereocenters. The molecule has 1 rings (SSSR count). The van der Waals surface area contributed by atoms with Crippen LogP contribution >= 0.6 is 0 Å². The van der Waals surface area contributed by atoms with Crippen LogP contribution in [0.3, 0.4) is 0 Å². The molecule has 146 valence electrons. The van der Waals surface area contributed by atoms with Gasteiger partial charge in [-0.05, 0) is 0 Å². The summed E-state index contributed by atoms with van der Waals surface area (Å²) in [5, 5.41) is 57.0. The molecule has 0 unspecified atom stereocenters. The van der Waals surface area contributed by atoms with E-state index in [-0.39, 0.29) is 12.9 Å². The van der Waals surface area contributed by atoms with Crippen LogP contribution in [0.2, 0.25) is 0 Å². The number of carbonyl (C=O) groups excluding carboxylic acids is 1. The quantitative estimate of drug-likeness (QED) is 0.127. The van der Waals surface area contributed by atoms with Gasteiger partial charge in [0.2, 0.25) is 6.29 Å². The first-order valence-electron chi connectivity index (χ1n) is 7.63. The van der Waals surface area contributed by atoms with Crippen molar-refractivity contribution >= 4 is 12.5 Å². The van der Waals surface area contributed by atoms with Gasteiger partial charge in [-0.1, -0.05) is 0 Å². The van der Waals surface area contributed by atoms with E-state index >= 15 is 0 Å². The van der Waals surface area contributed by atoms with Gasteiger partial charge in [0.15, 0.2) is 12.6 Å². The highest BCUT2D eigenvalue weighted by atomic mass is 16.7. The molecule has 11 nitrogen and oxygen atoms in total. The number of aliphatic imine (C=N–C) groups is 1. The standard InChI is InChI=1S/C14H25NO10/c1-15-2-7(8(3-16)24-10(19)5-18)6-23-14-13(22)12(21)11(20)9(4-17)25-14/h2,5,7-14,16-17,19-22H,3-4,6H2,1H3/t7-,8+,9+,10-,11-,12-,13+,14-/m0/s1. The summed E-state index contributed by atoms with van der Waals surface area (Å²) in [4.78, 5) is 14.3. The van der Waals surface area contributed by atoms with Crippen molar-refractivity contribution in [1.82, 2.24) is 0 Å². The van der Waals surface area contributed by atoms with E-state index in [1.807, 2.05) is 0 Å². The molecule has 0 saturated carbocycles. The Morgan fingerprint density at radius 1 is 1.20 bits per heavy atom. The number of aliphatic hydroxyl groups is 6. The molecule has 0 aliphatic carbocycles. The molecule has 0 amide bonds. The molecule has 25 heavy (non-hydrogen) atoms. The van der Waals surface area contributed by atoms with Crippen molar-refractivity contribution < 1.29 is 49.6 Å². The number of aliphatic hydroxyl groups excluding tert-OH is 6. The van der Waals surface area contributed by atoms with Crippen molar-refractivity contribution in [1.29, 1.82) is 0 Å². The van der Waals surface area contributed by atoms with Crippen LogP contribution in [-0.2, 0) is 19.0 Å². The Bertz CT molecular complexity index is 420. The van der Waals surface area contributed by atoms with Gasteiger partial charge in [0, 0.05) is 19.2 Å². The van der Waals surface area contributed by atoms with Gasteiger partial charge in [0.1, 0.15) is 24.4 Å². The maximum absolute atomic E-state index is 10.5. The lowest BCUT2D eigenvalue weighted by molar-refractivity contribution is -0.303. The molecule has 1 heterocycles. The van der Waals surface area contributed by atoms with E-state index in [0.29, 0.717) is 0 Å². The molecule has 0 bridgehead atoms. The van der Waals surface area contributed by atoms with Gasteiger partial charge in [-0.2, -0.15) is 0 Å². The van der Waals surface area contributed by atoms with Gasteiger partial charge >= 0.3 is 0 Å². The third-order valence-electron chi connectivity index (χ3n) is 3.73. The number of hydrogen-bond donors (Lipinski definition) is 6. The molecule has 1 saturated heterocycles. The highest BCUT2D eigenvalue weighted by Gasteiger charge is 2.44. The first kappa shape index (κ1) is 22.0. The van der Waals surface area contributed by atoms with E-state index in [1.54, 1.807) is 0 Å². The molecule has 0 aromatic heterocycles. The fourth-order valence-corrected chi connectivity index (χ4v) is 2.34. The van der Waals surface area contributed by atoms with E-state index in [1.165, 1.54) is 13.3 Å². The maximum atomic E-state index is 10.5. The number of ether oxygens (including phenoxy) is 3. The smallest absolute Gasteiger partial charge is 0.212 e. The van der Waals surface area contributed by atoms with E-state index in [4.69, 9.17) is 19.3 Å². The average Bonchev–Trinajstić information content (AvgIpc) is 2.62. The minimum absolute atomic E-state index is 0.140. The molecule has 1 aliphatic heterocycles. The van der Waals surface area contributed by atoms with Crippen LogP contribution in [0, 0.1) is 5.92 Å². The van der Waals surface area contributed by atoms with Crippen LogP contribution in [0.4, 0.5) is 0 Å². The van der Waals surface area contributed by atoms with Crippen LogP contribution in [-0.4, -0.2) is 113 Å². The molecule has 0 radical (unpaired) electrons. The summed E-state index contributed by atoms with van der Waals surface area (Å²) < 4.78 is 15.5. The zero-order valence-corrected chi connectivity index (χ0v) is 13.7. The van der Waals surface area contributed by atoms with E-state index in [9.17, 15) is 30.3 Å². The van der Waals surface area contributed by atoms with E-state index in [2.05, 4.69) is 4.99 Å².